The summed E-state index contributed by atoms with van der Waals surface area (Å²) in [7, 11) is 4.50. The lowest BCUT2D eigenvalue weighted by Gasteiger charge is -2.27. The van der Waals surface area contributed by atoms with Crippen LogP contribution < -0.4 is 4.48 Å². The summed E-state index contributed by atoms with van der Waals surface area (Å²) in [5.74, 6) is 0. The van der Waals surface area contributed by atoms with E-state index >= 15 is 0 Å². The molecule has 4 aromatic carbocycles. The van der Waals surface area contributed by atoms with Crippen LogP contribution in [0.25, 0.3) is 33.0 Å². The Kier molecular flexibility index (Phi) is 5.49. The minimum Gasteiger partial charge on any atom is -0.296 e. The fourth-order valence-corrected chi connectivity index (χ4v) is 4.10. The first-order valence-corrected chi connectivity index (χ1v) is 11.3. The van der Waals surface area contributed by atoms with Gasteiger partial charge in [-0.25, -0.2) is 0 Å². The normalized spacial score (nSPS) is 12.3. The molecule has 0 N–H and O–H groups in total. The van der Waals surface area contributed by atoms with E-state index < -0.39 is 0 Å². The van der Waals surface area contributed by atoms with Crippen LogP contribution in [0.15, 0.2) is 84.9 Å². The van der Waals surface area contributed by atoms with Gasteiger partial charge in [-0.2, -0.15) is 0 Å². The number of fused-ring (bicyclic) bond motifs is 1. The Morgan fingerprint density at radius 1 is 0.677 bits per heavy atom. The second kappa shape index (κ2) is 7.98. The van der Waals surface area contributed by atoms with Crippen molar-refractivity contribution in [1.29, 1.82) is 0 Å². The Balaban J connectivity index is 1.70. The highest BCUT2D eigenvalue weighted by Crippen LogP contribution is 2.34. The summed E-state index contributed by atoms with van der Waals surface area (Å²) in [4.78, 5) is 0. The molecule has 0 atom stereocenters. The zero-order valence-electron chi connectivity index (χ0n) is 19.7. The molecule has 0 bridgehead atoms. The van der Waals surface area contributed by atoms with E-state index in [0.717, 1.165) is 11.0 Å². The van der Waals surface area contributed by atoms with Gasteiger partial charge >= 0.3 is 0 Å². The van der Waals surface area contributed by atoms with Crippen LogP contribution in [0.3, 0.4) is 0 Å². The standard InChI is InChI=1S/C30H34N/c1-7-31(5,6)27-18-13-22(14-19-27)24-15-20-29-25(21-24)9-8-10-28(29)23-11-16-26(17-12-23)30(2,3)4/h8-21H,7H2,1-6H3/q+1. The van der Waals surface area contributed by atoms with Crippen molar-refractivity contribution in [3.8, 4) is 22.3 Å². The molecule has 0 radical (unpaired) electrons. The van der Waals surface area contributed by atoms with Crippen molar-refractivity contribution < 1.29 is 0 Å². The maximum Gasteiger partial charge on any atom is 0.132 e. The van der Waals surface area contributed by atoms with Gasteiger partial charge in [0.2, 0.25) is 0 Å². The third-order valence-corrected chi connectivity index (χ3v) is 6.63. The highest BCUT2D eigenvalue weighted by Gasteiger charge is 2.16. The Bertz CT molecular complexity index is 1190. The van der Waals surface area contributed by atoms with Gasteiger partial charge in [0.1, 0.15) is 5.69 Å². The molecule has 0 heterocycles. The number of rotatable bonds is 4. The average molecular weight is 409 g/mol. The number of hydrogen-bond acceptors (Lipinski definition) is 0. The first kappa shape index (κ1) is 21.3. The molecule has 0 aliphatic carbocycles. The molecular weight excluding hydrogens is 374 g/mol. The second-order valence-electron chi connectivity index (χ2n) is 10.1. The average Bonchev–Trinajstić information content (AvgIpc) is 2.78. The van der Waals surface area contributed by atoms with Gasteiger partial charge < -0.3 is 0 Å². The first-order chi connectivity index (χ1) is 14.7. The fraction of sp³-hybridized carbons (Fsp3) is 0.267. The molecule has 31 heavy (non-hydrogen) atoms. The maximum atomic E-state index is 2.32. The molecule has 158 valence electrons. The van der Waals surface area contributed by atoms with Gasteiger partial charge in [-0.05, 0) is 81.3 Å². The van der Waals surface area contributed by atoms with Crippen molar-refractivity contribution in [2.45, 2.75) is 33.1 Å². The molecule has 4 rings (SSSR count). The molecule has 1 nitrogen and oxygen atoms in total. The van der Waals surface area contributed by atoms with E-state index in [4.69, 9.17) is 0 Å². The molecule has 0 fully saturated rings. The van der Waals surface area contributed by atoms with Crippen LogP contribution in [0, 0.1) is 0 Å². The van der Waals surface area contributed by atoms with Crippen LogP contribution in [0.2, 0.25) is 0 Å². The summed E-state index contributed by atoms with van der Waals surface area (Å²) in [6.07, 6.45) is 0. The van der Waals surface area contributed by atoms with Crippen LogP contribution in [-0.4, -0.2) is 20.6 Å². The monoisotopic (exact) mass is 408 g/mol. The molecule has 0 aliphatic rings. The molecule has 0 saturated heterocycles. The third kappa shape index (κ3) is 4.29. The van der Waals surface area contributed by atoms with Gasteiger partial charge in [0.05, 0.1) is 20.6 Å². The lowest BCUT2D eigenvalue weighted by molar-refractivity contribution is 0.421. The highest BCUT2D eigenvalue weighted by atomic mass is 15.3. The Morgan fingerprint density at radius 3 is 1.90 bits per heavy atom. The van der Waals surface area contributed by atoms with Crippen molar-refractivity contribution in [3.05, 3.63) is 90.5 Å². The minimum atomic E-state index is 0.174. The van der Waals surface area contributed by atoms with E-state index in [9.17, 15) is 0 Å². The molecule has 0 aromatic heterocycles. The van der Waals surface area contributed by atoms with Crippen molar-refractivity contribution in [2.24, 2.45) is 0 Å². The molecule has 0 spiro atoms. The van der Waals surface area contributed by atoms with Crippen LogP contribution in [0.1, 0.15) is 33.3 Å². The summed E-state index contributed by atoms with van der Waals surface area (Å²) in [5, 5.41) is 2.58. The van der Waals surface area contributed by atoms with E-state index in [1.54, 1.807) is 0 Å². The second-order valence-corrected chi connectivity index (χ2v) is 10.1. The predicted molar refractivity (Wildman–Crippen MR) is 138 cm³/mol. The number of hydrogen-bond donors (Lipinski definition) is 0. The zero-order valence-corrected chi connectivity index (χ0v) is 19.7. The van der Waals surface area contributed by atoms with E-state index in [2.05, 4.69) is 127 Å². The van der Waals surface area contributed by atoms with Gasteiger partial charge in [0.15, 0.2) is 0 Å². The fourth-order valence-electron chi connectivity index (χ4n) is 4.10. The van der Waals surface area contributed by atoms with Gasteiger partial charge in [-0.3, -0.25) is 4.48 Å². The van der Waals surface area contributed by atoms with Crippen LogP contribution in [0.4, 0.5) is 5.69 Å². The molecule has 0 aliphatic heterocycles. The minimum absolute atomic E-state index is 0.174. The topological polar surface area (TPSA) is 0 Å². The quantitative estimate of drug-likeness (QED) is 0.300. The number of quaternary nitrogens is 1. The lowest BCUT2D eigenvalue weighted by atomic mass is 9.86. The summed E-state index contributed by atoms with van der Waals surface area (Å²) < 4.78 is 0.898. The summed E-state index contributed by atoms with van der Waals surface area (Å²) in [6.45, 7) is 10.1. The smallest absolute Gasteiger partial charge is 0.132 e. The van der Waals surface area contributed by atoms with Crippen LogP contribution in [-0.2, 0) is 5.41 Å². The lowest BCUT2D eigenvalue weighted by Crippen LogP contribution is -2.39. The summed E-state index contributed by atoms with van der Waals surface area (Å²) in [5.41, 5.74) is 7.98. The van der Waals surface area contributed by atoms with Crippen molar-refractivity contribution in [2.75, 3.05) is 20.6 Å². The molecule has 4 aromatic rings. The molecule has 0 amide bonds. The first-order valence-electron chi connectivity index (χ1n) is 11.3. The SMILES string of the molecule is CC[N+](C)(C)c1ccc(-c2ccc3c(-c4ccc(C(C)(C)C)cc4)cccc3c2)cc1. The predicted octanol–water partition coefficient (Wildman–Crippen LogP) is 8.06. The molecule has 0 saturated carbocycles. The van der Waals surface area contributed by atoms with E-state index in [1.165, 1.54) is 44.3 Å². The van der Waals surface area contributed by atoms with Gasteiger partial charge in [-0.15, -0.1) is 0 Å². The Morgan fingerprint density at radius 2 is 1.29 bits per heavy atom. The Labute approximate surface area is 187 Å². The largest absolute Gasteiger partial charge is 0.296 e. The number of benzene rings is 4. The molecular formula is C30H34N+. The van der Waals surface area contributed by atoms with E-state index in [0.29, 0.717) is 0 Å². The van der Waals surface area contributed by atoms with Crippen molar-refractivity contribution in [1.82, 2.24) is 4.48 Å². The van der Waals surface area contributed by atoms with Crippen LogP contribution in [0.5, 0.6) is 0 Å². The highest BCUT2D eigenvalue weighted by molar-refractivity contribution is 5.98. The van der Waals surface area contributed by atoms with Crippen molar-refractivity contribution in [3.63, 3.8) is 0 Å². The van der Waals surface area contributed by atoms with E-state index in [-0.39, 0.29) is 5.41 Å². The van der Waals surface area contributed by atoms with E-state index in [1.807, 2.05) is 0 Å². The van der Waals surface area contributed by atoms with Gasteiger partial charge in [0, 0.05) is 0 Å². The zero-order chi connectivity index (χ0) is 22.2. The summed E-state index contributed by atoms with van der Waals surface area (Å²) in [6, 6.07) is 31.5. The van der Waals surface area contributed by atoms with Gasteiger partial charge in [0.25, 0.3) is 0 Å². The number of nitrogens with zero attached hydrogens (tertiary/aromatic N) is 1. The van der Waals surface area contributed by atoms with Crippen LogP contribution >= 0.6 is 0 Å². The molecule has 1 heteroatoms. The molecule has 0 unspecified atom stereocenters. The Hall–Kier alpha value is -2.90. The van der Waals surface area contributed by atoms with Crippen molar-refractivity contribution >= 4 is 16.5 Å². The third-order valence-electron chi connectivity index (χ3n) is 6.63. The van der Waals surface area contributed by atoms with Gasteiger partial charge in [-0.1, -0.05) is 75.4 Å². The summed E-state index contributed by atoms with van der Waals surface area (Å²) >= 11 is 0. The maximum absolute atomic E-state index is 2.32.